The van der Waals surface area contributed by atoms with Crippen LogP contribution in [0.4, 0.5) is 0 Å². The molecule has 0 radical (unpaired) electrons. The van der Waals surface area contributed by atoms with Gasteiger partial charge in [0.15, 0.2) is 0 Å². The van der Waals surface area contributed by atoms with Gasteiger partial charge in [-0.2, -0.15) is 0 Å². The van der Waals surface area contributed by atoms with Crippen molar-refractivity contribution in [2.75, 3.05) is 0 Å². The van der Waals surface area contributed by atoms with Crippen molar-refractivity contribution in [3.05, 3.63) is 74.6 Å². The van der Waals surface area contributed by atoms with Gasteiger partial charge in [-0.15, -0.1) is 0 Å². The molecule has 1 amide bonds. The number of carbonyl (C=O) groups is 2. The molecular formula is C22H20ClNO6. The maximum Gasteiger partial charge on any atom is 0.336 e. The molecule has 0 fully saturated rings. The minimum atomic E-state index is -0.935. The number of rotatable bonds is 6. The molecule has 1 heterocycles. The van der Waals surface area contributed by atoms with Crippen LogP contribution in [0.5, 0.6) is 5.75 Å². The molecule has 0 aliphatic heterocycles. The van der Waals surface area contributed by atoms with Gasteiger partial charge in [0.05, 0.1) is 10.6 Å². The molecule has 1 atom stereocenters. The maximum atomic E-state index is 12.4. The van der Waals surface area contributed by atoms with Gasteiger partial charge in [0.1, 0.15) is 24.0 Å². The molecule has 0 unspecified atom stereocenters. The fourth-order valence-corrected chi connectivity index (χ4v) is 3.18. The summed E-state index contributed by atoms with van der Waals surface area (Å²) in [5.74, 6) is -1.15. The van der Waals surface area contributed by atoms with Gasteiger partial charge < -0.3 is 19.6 Å². The highest BCUT2D eigenvalue weighted by Crippen LogP contribution is 2.27. The molecule has 0 bridgehead atoms. The van der Waals surface area contributed by atoms with E-state index in [1.54, 1.807) is 30.3 Å². The molecule has 2 N–H and O–H groups in total. The number of halogens is 1. The second-order valence-electron chi connectivity index (χ2n) is 6.70. The molecular weight excluding hydrogens is 410 g/mol. The fourth-order valence-electron chi connectivity index (χ4n) is 2.96. The Kier molecular flexibility index (Phi) is 6.42. The molecule has 156 valence electrons. The molecule has 0 aliphatic rings. The van der Waals surface area contributed by atoms with Gasteiger partial charge in [0, 0.05) is 23.1 Å². The van der Waals surface area contributed by atoms with Crippen LogP contribution in [0.2, 0.25) is 5.02 Å². The Labute approximate surface area is 177 Å². The molecule has 0 saturated heterocycles. The van der Waals surface area contributed by atoms with Crippen LogP contribution in [0.15, 0.2) is 51.7 Å². The average molecular weight is 430 g/mol. The van der Waals surface area contributed by atoms with Gasteiger partial charge in [0.2, 0.25) is 0 Å². The second kappa shape index (κ2) is 9.00. The first-order chi connectivity index (χ1) is 14.3. The molecule has 3 aromatic rings. The van der Waals surface area contributed by atoms with Crippen molar-refractivity contribution in [2.45, 2.75) is 32.9 Å². The Morgan fingerprint density at radius 1 is 1.20 bits per heavy atom. The zero-order valence-electron chi connectivity index (χ0n) is 16.4. The minimum absolute atomic E-state index is 0.0261. The fraction of sp³-hybridized carbons (Fsp3) is 0.227. The normalized spacial score (nSPS) is 11.8. The number of hydrogen-bond donors (Lipinski definition) is 2. The standard InChI is InChI=1S/C22H20ClNO6/c1-3-13-8-16-14(9-20(26)30-19(16)10-18(13)25)11-29-22(28)12(2)24-21(27)15-6-4-5-7-17(15)23/h4-10,12,25H,3,11H2,1-2H3,(H,24,27)/t12-/m0/s1. The maximum absolute atomic E-state index is 12.4. The predicted molar refractivity (Wildman–Crippen MR) is 112 cm³/mol. The smallest absolute Gasteiger partial charge is 0.336 e. The number of hydrogen-bond acceptors (Lipinski definition) is 6. The summed E-state index contributed by atoms with van der Waals surface area (Å²) in [6, 6.07) is 9.85. The van der Waals surface area contributed by atoms with E-state index in [9.17, 15) is 19.5 Å². The molecule has 8 heteroatoms. The molecule has 0 saturated carbocycles. The molecule has 30 heavy (non-hydrogen) atoms. The van der Waals surface area contributed by atoms with Crippen molar-refractivity contribution < 1.29 is 23.8 Å². The monoisotopic (exact) mass is 429 g/mol. The quantitative estimate of drug-likeness (QED) is 0.458. The number of aryl methyl sites for hydroxylation is 1. The van der Waals surface area contributed by atoms with Gasteiger partial charge in [0.25, 0.3) is 5.91 Å². The van der Waals surface area contributed by atoms with Crippen LogP contribution in [0.1, 0.15) is 35.3 Å². The summed E-state index contributed by atoms with van der Waals surface area (Å²) >= 11 is 6.00. The summed E-state index contributed by atoms with van der Waals surface area (Å²) < 4.78 is 10.4. The average Bonchev–Trinajstić information content (AvgIpc) is 2.71. The van der Waals surface area contributed by atoms with Crippen molar-refractivity contribution in [2.24, 2.45) is 0 Å². The summed E-state index contributed by atoms with van der Waals surface area (Å²) in [4.78, 5) is 36.5. The van der Waals surface area contributed by atoms with E-state index < -0.39 is 23.5 Å². The zero-order valence-corrected chi connectivity index (χ0v) is 17.2. The third-order valence-electron chi connectivity index (χ3n) is 4.60. The first-order valence-corrected chi connectivity index (χ1v) is 9.68. The third-order valence-corrected chi connectivity index (χ3v) is 4.93. The molecule has 0 spiro atoms. The van der Waals surface area contributed by atoms with Crippen LogP contribution < -0.4 is 10.9 Å². The highest BCUT2D eigenvalue weighted by molar-refractivity contribution is 6.33. The van der Waals surface area contributed by atoms with E-state index in [0.29, 0.717) is 22.9 Å². The van der Waals surface area contributed by atoms with Gasteiger partial charge >= 0.3 is 11.6 Å². The summed E-state index contributed by atoms with van der Waals surface area (Å²) in [6.45, 7) is 3.17. The van der Waals surface area contributed by atoms with Crippen molar-refractivity contribution in [1.82, 2.24) is 5.32 Å². The highest BCUT2D eigenvalue weighted by atomic mass is 35.5. The molecule has 0 aliphatic carbocycles. The van der Waals surface area contributed by atoms with Crippen molar-refractivity contribution in [1.29, 1.82) is 0 Å². The zero-order chi connectivity index (χ0) is 21.8. The number of benzene rings is 2. The summed E-state index contributed by atoms with van der Waals surface area (Å²) in [5.41, 5.74) is 0.927. The lowest BCUT2D eigenvalue weighted by Crippen LogP contribution is -2.39. The summed E-state index contributed by atoms with van der Waals surface area (Å²) in [6.07, 6.45) is 0.575. The van der Waals surface area contributed by atoms with E-state index in [0.717, 1.165) is 0 Å². The first-order valence-electron chi connectivity index (χ1n) is 9.30. The molecule has 3 rings (SSSR count). The Morgan fingerprint density at radius 3 is 2.63 bits per heavy atom. The van der Waals surface area contributed by atoms with Crippen molar-refractivity contribution >= 4 is 34.4 Å². The van der Waals surface area contributed by atoms with Crippen LogP contribution in [0.3, 0.4) is 0 Å². The number of amides is 1. The number of esters is 1. The highest BCUT2D eigenvalue weighted by Gasteiger charge is 2.20. The topological polar surface area (TPSA) is 106 Å². The van der Waals surface area contributed by atoms with E-state index >= 15 is 0 Å². The van der Waals surface area contributed by atoms with E-state index in [1.165, 1.54) is 19.1 Å². The first kappa shape index (κ1) is 21.4. The van der Waals surface area contributed by atoms with Crippen LogP contribution >= 0.6 is 11.6 Å². The van der Waals surface area contributed by atoms with Crippen LogP contribution in [-0.2, 0) is 22.6 Å². The number of carbonyl (C=O) groups excluding carboxylic acids is 2. The second-order valence-corrected chi connectivity index (χ2v) is 7.11. The van der Waals surface area contributed by atoms with E-state index in [4.69, 9.17) is 20.8 Å². The Hall–Kier alpha value is -3.32. The Bertz CT molecular complexity index is 1170. The van der Waals surface area contributed by atoms with Crippen LogP contribution in [-0.4, -0.2) is 23.0 Å². The number of nitrogens with one attached hydrogen (secondary N) is 1. The number of phenolic OH excluding ortho intramolecular Hbond substituents is 1. The van der Waals surface area contributed by atoms with Crippen LogP contribution in [0, 0.1) is 0 Å². The number of phenols is 1. The van der Waals surface area contributed by atoms with E-state index in [2.05, 4.69) is 5.32 Å². The predicted octanol–water partition coefficient (Wildman–Crippen LogP) is 3.58. The lowest BCUT2D eigenvalue weighted by Gasteiger charge is -2.15. The van der Waals surface area contributed by atoms with Gasteiger partial charge in [-0.1, -0.05) is 30.7 Å². The lowest BCUT2D eigenvalue weighted by atomic mass is 10.0. The van der Waals surface area contributed by atoms with E-state index in [1.807, 2.05) is 6.92 Å². The van der Waals surface area contributed by atoms with Crippen molar-refractivity contribution in [3.63, 3.8) is 0 Å². The third kappa shape index (κ3) is 4.63. The number of aromatic hydroxyl groups is 1. The lowest BCUT2D eigenvalue weighted by molar-refractivity contribution is -0.146. The molecule has 7 nitrogen and oxygen atoms in total. The van der Waals surface area contributed by atoms with Gasteiger partial charge in [-0.3, -0.25) is 4.79 Å². The summed E-state index contributed by atoms with van der Waals surface area (Å²) in [7, 11) is 0. The SMILES string of the molecule is CCc1cc2c(COC(=O)[C@H](C)NC(=O)c3ccccc3Cl)cc(=O)oc2cc1O. The van der Waals surface area contributed by atoms with Gasteiger partial charge in [-0.25, -0.2) is 9.59 Å². The largest absolute Gasteiger partial charge is 0.508 e. The summed E-state index contributed by atoms with van der Waals surface area (Å²) in [5, 5.41) is 13.3. The van der Waals surface area contributed by atoms with Crippen LogP contribution in [0.25, 0.3) is 11.0 Å². The molecule has 2 aromatic carbocycles. The Morgan fingerprint density at radius 2 is 1.93 bits per heavy atom. The molecule has 1 aromatic heterocycles. The van der Waals surface area contributed by atoms with Gasteiger partial charge in [-0.05, 0) is 37.1 Å². The number of ether oxygens (including phenoxy) is 1. The van der Waals surface area contributed by atoms with E-state index in [-0.39, 0.29) is 28.5 Å². The number of fused-ring (bicyclic) bond motifs is 1. The van der Waals surface area contributed by atoms with Crippen molar-refractivity contribution in [3.8, 4) is 5.75 Å². The minimum Gasteiger partial charge on any atom is -0.508 e. The Balaban J connectivity index is 1.74.